The standard InChI is InChI=1S/C9H10O4.C5H11NO/c1-9(8(12)13)4-2-3-6(5-9)7(10)11;1-3-5(7)4-6-2/h2-4H,5H2,1H3,(H,10,11)(H,12,13);6H,3-4H2,1-2H3. The van der Waals surface area contributed by atoms with Gasteiger partial charge in [-0.25, -0.2) is 4.79 Å². The van der Waals surface area contributed by atoms with E-state index in [9.17, 15) is 14.4 Å². The van der Waals surface area contributed by atoms with E-state index in [-0.39, 0.29) is 17.8 Å². The third kappa shape index (κ3) is 5.79. The molecule has 1 atom stereocenters. The van der Waals surface area contributed by atoms with Crippen LogP contribution in [0.2, 0.25) is 0 Å². The molecule has 0 aliphatic heterocycles. The second-order valence-electron chi connectivity index (χ2n) is 4.68. The van der Waals surface area contributed by atoms with Gasteiger partial charge in [-0.05, 0) is 20.4 Å². The lowest BCUT2D eigenvalue weighted by molar-refractivity contribution is -0.145. The van der Waals surface area contributed by atoms with Crippen molar-refractivity contribution in [1.82, 2.24) is 5.32 Å². The van der Waals surface area contributed by atoms with E-state index in [0.29, 0.717) is 13.0 Å². The van der Waals surface area contributed by atoms with Gasteiger partial charge < -0.3 is 15.5 Å². The van der Waals surface area contributed by atoms with E-state index in [1.807, 2.05) is 6.92 Å². The number of carbonyl (C=O) groups excluding carboxylic acids is 1. The average Bonchev–Trinajstić information content (AvgIpc) is 2.39. The number of allylic oxidation sites excluding steroid dienone is 2. The van der Waals surface area contributed by atoms with Crippen molar-refractivity contribution in [3.63, 3.8) is 0 Å². The lowest BCUT2D eigenvalue weighted by Crippen LogP contribution is -2.28. The molecule has 0 aromatic rings. The van der Waals surface area contributed by atoms with E-state index < -0.39 is 17.4 Å². The molecule has 1 rings (SSSR count). The molecule has 6 heteroatoms. The van der Waals surface area contributed by atoms with Gasteiger partial charge in [-0.15, -0.1) is 0 Å². The lowest BCUT2D eigenvalue weighted by atomic mass is 9.80. The molecule has 20 heavy (non-hydrogen) atoms. The average molecular weight is 283 g/mol. The summed E-state index contributed by atoms with van der Waals surface area (Å²) in [5.74, 6) is -1.80. The first-order chi connectivity index (χ1) is 9.26. The zero-order valence-corrected chi connectivity index (χ0v) is 12.0. The van der Waals surface area contributed by atoms with Crippen molar-refractivity contribution < 1.29 is 24.6 Å². The van der Waals surface area contributed by atoms with E-state index in [1.54, 1.807) is 7.05 Å². The van der Waals surface area contributed by atoms with E-state index >= 15 is 0 Å². The minimum Gasteiger partial charge on any atom is -0.481 e. The Hall–Kier alpha value is -1.95. The fourth-order valence-electron chi connectivity index (χ4n) is 1.51. The largest absolute Gasteiger partial charge is 0.481 e. The van der Waals surface area contributed by atoms with Crippen molar-refractivity contribution in [2.45, 2.75) is 26.7 Å². The molecule has 112 valence electrons. The first-order valence-corrected chi connectivity index (χ1v) is 6.28. The van der Waals surface area contributed by atoms with Crippen molar-refractivity contribution in [3.05, 3.63) is 23.8 Å². The molecular formula is C14H21NO5. The van der Waals surface area contributed by atoms with Gasteiger partial charge in [0.15, 0.2) is 0 Å². The number of carboxylic acid groups (broad SMARTS) is 2. The highest BCUT2D eigenvalue weighted by Gasteiger charge is 2.34. The van der Waals surface area contributed by atoms with Crippen LogP contribution in [0.5, 0.6) is 0 Å². The summed E-state index contributed by atoms with van der Waals surface area (Å²) in [6, 6.07) is 0. The Kier molecular flexibility index (Phi) is 7.46. The second-order valence-corrected chi connectivity index (χ2v) is 4.68. The van der Waals surface area contributed by atoms with Crippen LogP contribution in [0.25, 0.3) is 0 Å². The van der Waals surface area contributed by atoms with E-state index in [1.165, 1.54) is 25.2 Å². The summed E-state index contributed by atoms with van der Waals surface area (Å²) >= 11 is 0. The van der Waals surface area contributed by atoms with E-state index in [2.05, 4.69) is 5.32 Å². The molecule has 0 bridgehead atoms. The Labute approximate surface area is 118 Å². The van der Waals surface area contributed by atoms with Crippen molar-refractivity contribution in [1.29, 1.82) is 0 Å². The molecule has 0 amide bonds. The molecule has 0 aromatic carbocycles. The number of carboxylic acids is 2. The number of nitrogens with one attached hydrogen (secondary N) is 1. The number of aliphatic carboxylic acids is 2. The summed E-state index contributed by atoms with van der Waals surface area (Å²) in [5.41, 5.74) is -0.949. The van der Waals surface area contributed by atoms with Crippen LogP contribution < -0.4 is 5.32 Å². The predicted octanol–water partition coefficient (Wildman–Crippen LogP) is 1.23. The summed E-state index contributed by atoms with van der Waals surface area (Å²) in [7, 11) is 1.77. The van der Waals surface area contributed by atoms with Crippen molar-refractivity contribution in [2.24, 2.45) is 5.41 Å². The summed E-state index contributed by atoms with van der Waals surface area (Å²) in [4.78, 5) is 31.7. The molecular weight excluding hydrogens is 262 g/mol. The maximum absolute atomic E-state index is 10.8. The Morgan fingerprint density at radius 2 is 1.95 bits per heavy atom. The molecule has 1 aliphatic carbocycles. The monoisotopic (exact) mass is 283 g/mol. The first kappa shape index (κ1) is 18.0. The molecule has 1 unspecified atom stereocenters. The van der Waals surface area contributed by atoms with E-state index in [0.717, 1.165) is 0 Å². The Bertz CT molecular complexity index is 439. The zero-order valence-electron chi connectivity index (χ0n) is 12.0. The van der Waals surface area contributed by atoms with Crippen LogP contribution in [0.1, 0.15) is 26.7 Å². The minimum absolute atomic E-state index is 0.0359. The quantitative estimate of drug-likeness (QED) is 0.701. The SMILES string of the molecule is CC1(C(=O)O)C=CC=C(C(=O)O)C1.CCC(=O)CNC. The third-order valence-corrected chi connectivity index (χ3v) is 2.85. The van der Waals surface area contributed by atoms with Crippen molar-refractivity contribution in [2.75, 3.05) is 13.6 Å². The van der Waals surface area contributed by atoms with E-state index in [4.69, 9.17) is 10.2 Å². The van der Waals surface area contributed by atoms with Gasteiger partial charge in [0.25, 0.3) is 0 Å². The van der Waals surface area contributed by atoms with Gasteiger partial charge in [0, 0.05) is 12.0 Å². The molecule has 0 aromatic heterocycles. The first-order valence-electron chi connectivity index (χ1n) is 6.28. The zero-order chi connectivity index (χ0) is 15.8. The van der Waals surface area contributed by atoms with Crippen LogP contribution in [0.15, 0.2) is 23.8 Å². The highest BCUT2D eigenvalue weighted by atomic mass is 16.4. The molecule has 0 fully saturated rings. The second kappa shape index (κ2) is 8.27. The lowest BCUT2D eigenvalue weighted by Gasteiger charge is -2.23. The molecule has 3 N–H and O–H groups in total. The summed E-state index contributed by atoms with van der Waals surface area (Å²) < 4.78 is 0. The number of hydrogen-bond donors (Lipinski definition) is 3. The van der Waals surface area contributed by atoms with Crippen LogP contribution >= 0.6 is 0 Å². The number of hydrogen-bond acceptors (Lipinski definition) is 4. The third-order valence-electron chi connectivity index (χ3n) is 2.85. The molecule has 0 radical (unpaired) electrons. The van der Waals surface area contributed by atoms with Gasteiger partial charge in [0.05, 0.1) is 12.0 Å². The van der Waals surface area contributed by atoms with Crippen LogP contribution in [0, 0.1) is 5.41 Å². The molecule has 0 saturated carbocycles. The maximum Gasteiger partial charge on any atom is 0.331 e. The Morgan fingerprint density at radius 1 is 1.35 bits per heavy atom. The normalized spacial score (nSPS) is 20.4. The predicted molar refractivity (Wildman–Crippen MR) is 74.4 cm³/mol. The van der Waals surface area contributed by atoms with Gasteiger partial charge in [-0.1, -0.05) is 25.2 Å². The number of likely N-dealkylation sites (N-methyl/N-ethyl adjacent to an activating group) is 1. The topological polar surface area (TPSA) is 104 Å². The Morgan fingerprint density at radius 3 is 2.30 bits per heavy atom. The molecule has 0 spiro atoms. The van der Waals surface area contributed by atoms with Crippen molar-refractivity contribution >= 4 is 17.7 Å². The minimum atomic E-state index is -1.08. The summed E-state index contributed by atoms with van der Waals surface area (Å²) in [6.07, 6.45) is 5.07. The van der Waals surface area contributed by atoms with Crippen LogP contribution in [0.3, 0.4) is 0 Å². The summed E-state index contributed by atoms with van der Waals surface area (Å²) in [5, 5.41) is 20.3. The van der Waals surface area contributed by atoms with Gasteiger partial charge in [-0.2, -0.15) is 0 Å². The Balaban J connectivity index is 0.000000441. The summed E-state index contributed by atoms with van der Waals surface area (Å²) in [6.45, 7) is 3.87. The van der Waals surface area contributed by atoms with Gasteiger partial charge in [0.2, 0.25) is 0 Å². The molecule has 6 nitrogen and oxygen atoms in total. The number of ketones is 1. The van der Waals surface area contributed by atoms with Gasteiger partial charge in [-0.3, -0.25) is 9.59 Å². The maximum atomic E-state index is 10.8. The molecule has 0 saturated heterocycles. The smallest absolute Gasteiger partial charge is 0.331 e. The fourth-order valence-corrected chi connectivity index (χ4v) is 1.51. The van der Waals surface area contributed by atoms with Crippen LogP contribution in [-0.2, 0) is 14.4 Å². The highest BCUT2D eigenvalue weighted by molar-refractivity contribution is 5.90. The molecule has 1 aliphatic rings. The highest BCUT2D eigenvalue weighted by Crippen LogP contribution is 2.31. The van der Waals surface area contributed by atoms with Crippen LogP contribution in [-0.4, -0.2) is 41.5 Å². The number of Topliss-reactive ketones (excluding diaryl/α,β-unsaturated/α-hetero) is 1. The van der Waals surface area contributed by atoms with Gasteiger partial charge in [0.1, 0.15) is 5.78 Å². The molecule has 0 heterocycles. The number of carbonyl (C=O) groups is 3. The fraction of sp³-hybridized carbons (Fsp3) is 0.500. The van der Waals surface area contributed by atoms with Crippen LogP contribution in [0.4, 0.5) is 0 Å². The van der Waals surface area contributed by atoms with Crippen molar-refractivity contribution in [3.8, 4) is 0 Å². The van der Waals surface area contributed by atoms with Gasteiger partial charge >= 0.3 is 11.9 Å². The number of rotatable bonds is 5.